The largest absolute Gasteiger partial charge is 0.481 e. The van der Waals surface area contributed by atoms with Crippen LogP contribution in [0.4, 0.5) is 0 Å². The highest BCUT2D eigenvalue weighted by Crippen LogP contribution is 2.26. The number of carboxylic acid groups (broad SMARTS) is 1. The van der Waals surface area contributed by atoms with E-state index in [1.807, 2.05) is 26.0 Å². The standard InChI is InChI=1S/C16H20ClNO3/c1-10-7-13(14(17)8-11(10)2)16(21)18-5-3-12(4-6-18)9-15(19)20/h7-8,12H,3-6,9H2,1-2H3,(H,19,20). The number of hydrogen-bond acceptors (Lipinski definition) is 2. The van der Waals surface area contributed by atoms with Gasteiger partial charge in [-0.25, -0.2) is 0 Å². The van der Waals surface area contributed by atoms with Crippen LogP contribution in [0.15, 0.2) is 12.1 Å². The Morgan fingerprint density at radius 2 is 1.81 bits per heavy atom. The lowest BCUT2D eigenvalue weighted by Crippen LogP contribution is -2.39. The third-order valence-electron chi connectivity index (χ3n) is 4.18. The number of piperidine rings is 1. The van der Waals surface area contributed by atoms with Gasteiger partial charge in [-0.2, -0.15) is 0 Å². The summed E-state index contributed by atoms with van der Waals surface area (Å²) in [5, 5.41) is 9.30. The summed E-state index contributed by atoms with van der Waals surface area (Å²) in [6.07, 6.45) is 1.66. The van der Waals surface area contributed by atoms with Gasteiger partial charge in [0, 0.05) is 19.5 Å². The molecule has 0 unspecified atom stereocenters. The minimum atomic E-state index is -0.767. The van der Waals surface area contributed by atoms with E-state index in [1.54, 1.807) is 4.90 Å². The van der Waals surface area contributed by atoms with E-state index in [4.69, 9.17) is 16.7 Å². The van der Waals surface area contributed by atoms with E-state index in [0.29, 0.717) is 23.7 Å². The van der Waals surface area contributed by atoms with Crippen LogP contribution in [0.2, 0.25) is 5.02 Å². The molecule has 0 saturated carbocycles. The lowest BCUT2D eigenvalue weighted by molar-refractivity contribution is -0.138. The van der Waals surface area contributed by atoms with Gasteiger partial charge in [0.25, 0.3) is 5.91 Å². The van der Waals surface area contributed by atoms with Gasteiger partial charge in [0.1, 0.15) is 0 Å². The second kappa shape index (κ2) is 6.48. The number of carbonyl (C=O) groups excluding carboxylic acids is 1. The van der Waals surface area contributed by atoms with E-state index in [0.717, 1.165) is 24.0 Å². The van der Waals surface area contributed by atoms with Crippen molar-refractivity contribution in [2.24, 2.45) is 5.92 Å². The summed E-state index contributed by atoms with van der Waals surface area (Å²) >= 11 is 6.19. The molecule has 1 aromatic rings. The topological polar surface area (TPSA) is 57.6 Å². The normalized spacial score (nSPS) is 16.0. The Bertz CT molecular complexity index is 563. The highest BCUT2D eigenvalue weighted by atomic mass is 35.5. The number of amides is 1. The van der Waals surface area contributed by atoms with Gasteiger partial charge in [0.2, 0.25) is 0 Å². The number of carboxylic acids is 1. The fourth-order valence-electron chi connectivity index (χ4n) is 2.70. The van der Waals surface area contributed by atoms with Crippen LogP contribution in [0.1, 0.15) is 40.7 Å². The van der Waals surface area contributed by atoms with Gasteiger partial charge < -0.3 is 10.0 Å². The maximum atomic E-state index is 12.5. The van der Waals surface area contributed by atoms with Crippen molar-refractivity contribution in [2.45, 2.75) is 33.1 Å². The molecule has 1 fully saturated rings. The zero-order valence-corrected chi connectivity index (χ0v) is 13.1. The van der Waals surface area contributed by atoms with E-state index in [9.17, 15) is 9.59 Å². The molecule has 1 N–H and O–H groups in total. The lowest BCUT2D eigenvalue weighted by atomic mass is 9.93. The van der Waals surface area contributed by atoms with Crippen molar-refractivity contribution in [1.29, 1.82) is 0 Å². The van der Waals surface area contributed by atoms with Crippen LogP contribution in [0.3, 0.4) is 0 Å². The number of halogens is 1. The molecular formula is C16H20ClNO3. The lowest BCUT2D eigenvalue weighted by Gasteiger charge is -2.31. The first kappa shape index (κ1) is 15.8. The fourth-order valence-corrected chi connectivity index (χ4v) is 3.00. The van der Waals surface area contributed by atoms with Crippen LogP contribution >= 0.6 is 11.6 Å². The number of aliphatic carboxylic acids is 1. The van der Waals surface area contributed by atoms with E-state index in [1.165, 1.54) is 0 Å². The highest BCUT2D eigenvalue weighted by Gasteiger charge is 2.26. The summed E-state index contributed by atoms with van der Waals surface area (Å²) in [5.74, 6) is -0.657. The summed E-state index contributed by atoms with van der Waals surface area (Å²) in [7, 11) is 0. The Morgan fingerprint density at radius 3 is 2.38 bits per heavy atom. The maximum absolute atomic E-state index is 12.5. The molecule has 0 aliphatic carbocycles. The third kappa shape index (κ3) is 3.76. The molecule has 21 heavy (non-hydrogen) atoms. The van der Waals surface area contributed by atoms with Crippen LogP contribution in [-0.2, 0) is 4.79 Å². The van der Waals surface area contributed by atoms with Gasteiger partial charge in [0.15, 0.2) is 0 Å². The Hall–Kier alpha value is -1.55. The molecule has 2 rings (SSSR count). The van der Waals surface area contributed by atoms with Crippen molar-refractivity contribution >= 4 is 23.5 Å². The smallest absolute Gasteiger partial charge is 0.303 e. The number of benzene rings is 1. The number of hydrogen-bond donors (Lipinski definition) is 1. The number of aryl methyl sites for hydroxylation is 2. The van der Waals surface area contributed by atoms with Gasteiger partial charge >= 0.3 is 5.97 Å². The molecule has 1 saturated heterocycles. The van der Waals surface area contributed by atoms with E-state index >= 15 is 0 Å². The van der Waals surface area contributed by atoms with E-state index in [-0.39, 0.29) is 18.2 Å². The summed E-state index contributed by atoms with van der Waals surface area (Å²) in [4.78, 5) is 25.0. The summed E-state index contributed by atoms with van der Waals surface area (Å²) in [6, 6.07) is 3.66. The second-order valence-electron chi connectivity index (χ2n) is 5.75. The molecule has 0 radical (unpaired) electrons. The van der Waals surface area contributed by atoms with Crippen LogP contribution in [0.5, 0.6) is 0 Å². The molecule has 0 aromatic heterocycles. The first-order valence-electron chi connectivity index (χ1n) is 7.16. The molecule has 0 spiro atoms. The van der Waals surface area contributed by atoms with Crippen molar-refractivity contribution in [3.8, 4) is 0 Å². The Labute approximate surface area is 129 Å². The third-order valence-corrected chi connectivity index (χ3v) is 4.49. The summed E-state index contributed by atoms with van der Waals surface area (Å²) in [6.45, 7) is 5.12. The van der Waals surface area contributed by atoms with Gasteiger partial charge in [-0.1, -0.05) is 11.6 Å². The molecule has 5 heteroatoms. The van der Waals surface area contributed by atoms with Gasteiger partial charge in [-0.3, -0.25) is 9.59 Å². The molecule has 1 aromatic carbocycles. The average Bonchev–Trinajstić information content (AvgIpc) is 2.42. The summed E-state index contributed by atoms with van der Waals surface area (Å²) in [5.41, 5.74) is 2.65. The number of likely N-dealkylation sites (tertiary alicyclic amines) is 1. The van der Waals surface area contributed by atoms with Crippen molar-refractivity contribution in [1.82, 2.24) is 4.90 Å². The summed E-state index contributed by atoms with van der Waals surface area (Å²) < 4.78 is 0. The maximum Gasteiger partial charge on any atom is 0.303 e. The zero-order chi connectivity index (χ0) is 15.6. The predicted molar refractivity (Wildman–Crippen MR) is 81.8 cm³/mol. The molecule has 114 valence electrons. The monoisotopic (exact) mass is 309 g/mol. The van der Waals surface area contributed by atoms with Gasteiger partial charge in [-0.15, -0.1) is 0 Å². The van der Waals surface area contributed by atoms with Gasteiger partial charge in [0.05, 0.1) is 10.6 Å². The minimum Gasteiger partial charge on any atom is -0.481 e. The highest BCUT2D eigenvalue weighted by molar-refractivity contribution is 6.34. The predicted octanol–water partition coefficient (Wildman–Crippen LogP) is 3.28. The molecule has 1 aliphatic heterocycles. The first-order valence-corrected chi connectivity index (χ1v) is 7.54. The number of nitrogens with zero attached hydrogens (tertiary/aromatic N) is 1. The molecular weight excluding hydrogens is 290 g/mol. The van der Waals surface area contributed by atoms with E-state index in [2.05, 4.69) is 0 Å². The van der Waals surface area contributed by atoms with Crippen molar-refractivity contribution in [3.05, 3.63) is 33.8 Å². The average molecular weight is 310 g/mol. The zero-order valence-electron chi connectivity index (χ0n) is 12.4. The Balaban J connectivity index is 2.05. The van der Waals surface area contributed by atoms with Crippen LogP contribution in [0, 0.1) is 19.8 Å². The van der Waals surface area contributed by atoms with Crippen molar-refractivity contribution in [3.63, 3.8) is 0 Å². The van der Waals surface area contributed by atoms with Crippen LogP contribution in [-0.4, -0.2) is 35.0 Å². The van der Waals surface area contributed by atoms with Crippen LogP contribution < -0.4 is 0 Å². The molecule has 4 nitrogen and oxygen atoms in total. The Morgan fingerprint density at radius 1 is 1.24 bits per heavy atom. The molecule has 0 atom stereocenters. The quantitative estimate of drug-likeness (QED) is 0.932. The van der Waals surface area contributed by atoms with Crippen LogP contribution in [0.25, 0.3) is 0 Å². The number of carbonyl (C=O) groups is 2. The molecule has 1 aliphatic rings. The van der Waals surface area contributed by atoms with Crippen molar-refractivity contribution in [2.75, 3.05) is 13.1 Å². The van der Waals surface area contributed by atoms with E-state index < -0.39 is 5.97 Å². The molecule has 1 amide bonds. The van der Waals surface area contributed by atoms with Crippen molar-refractivity contribution < 1.29 is 14.7 Å². The SMILES string of the molecule is Cc1cc(Cl)c(C(=O)N2CCC(CC(=O)O)CC2)cc1C. The number of rotatable bonds is 3. The minimum absolute atomic E-state index is 0.0584. The first-order chi connectivity index (χ1) is 9.88. The molecule has 1 heterocycles. The molecule has 0 bridgehead atoms. The fraction of sp³-hybridized carbons (Fsp3) is 0.500. The Kier molecular flexibility index (Phi) is 4.88. The second-order valence-corrected chi connectivity index (χ2v) is 6.16. The van der Waals surface area contributed by atoms with Gasteiger partial charge in [-0.05, 0) is 55.9 Å².